The highest BCUT2D eigenvalue weighted by Crippen LogP contribution is 2.25. The molecular weight excluding hydrogens is 288 g/mol. The molecule has 6 nitrogen and oxygen atoms in total. The van der Waals surface area contributed by atoms with Crippen LogP contribution in [0.5, 0.6) is 0 Å². The van der Waals surface area contributed by atoms with E-state index in [1.54, 1.807) is 32.0 Å². The zero-order valence-electron chi connectivity index (χ0n) is 10.4. The van der Waals surface area contributed by atoms with Gasteiger partial charge in [-0.3, -0.25) is 4.72 Å². The van der Waals surface area contributed by atoms with Gasteiger partial charge in [0.2, 0.25) is 10.0 Å². The molecule has 1 N–H and O–H groups in total. The second kappa shape index (κ2) is 5.18. The van der Waals surface area contributed by atoms with Crippen LogP contribution >= 0.6 is 11.6 Å². The molecule has 0 fully saturated rings. The van der Waals surface area contributed by atoms with Crippen molar-refractivity contribution in [1.29, 1.82) is 0 Å². The van der Waals surface area contributed by atoms with Gasteiger partial charge >= 0.3 is 0 Å². The van der Waals surface area contributed by atoms with Crippen molar-refractivity contribution in [2.75, 3.05) is 4.72 Å². The molecule has 0 amide bonds. The van der Waals surface area contributed by atoms with Gasteiger partial charge in [0.25, 0.3) is 0 Å². The van der Waals surface area contributed by atoms with Crippen molar-refractivity contribution < 1.29 is 8.42 Å². The number of aromatic nitrogens is 3. The molecule has 2 rings (SSSR count). The molecule has 19 heavy (non-hydrogen) atoms. The van der Waals surface area contributed by atoms with Gasteiger partial charge in [0.15, 0.2) is 0 Å². The summed E-state index contributed by atoms with van der Waals surface area (Å²) in [6, 6.07) is 4.87. The number of rotatable bonds is 4. The monoisotopic (exact) mass is 300 g/mol. The molecule has 0 unspecified atom stereocenters. The Balaban J connectivity index is 2.48. The molecule has 0 atom stereocenters. The van der Waals surface area contributed by atoms with Crippen molar-refractivity contribution in [3.05, 3.63) is 35.9 Å². The molecule has 1 aromatic carbocycles. The molecule has 0 radical (unpaired) electrons. The molecule has 1 heterocycles. The fourth-order valence-electron chi connectivity index (χ4n) is 1.39. The van der Waals surface area contributed by atoms with Gasteiger partial charge in [0.05, 0.1) is 16.6 Å². The minimum atomic E-state index is -3.45. The average molecular weight is 301 g/mol. The predicted molar refractivity (Wildman–Crippen MR) is 74.0 cm³/mol. The Hall–Kier alpha value is -1.60. The van der Waals surface area contributed by atoms with Crippen molar-refractivity contribution in [2.24, 2.45) is 0 Å². The van der Waals surface area contributed by atoms with Crippen LogP contribution in [0.3, 0.4) is 0 Å². The quantitative estimate of drug-likeness (QED) is 0.937. The number of anilines is 1. The van der Waals surface area contributed by atoms with Crippen LogP contribution in [0.25, 0.3) is 5.69 Å². The molecular formula is C11H13ClN4O2S. The third-order valence-corrected chi connectivity index (χ3v) is 4.48. The third kappa shape index (κ3) is 3.05. The number of sulfonamides is 1. The Bertz CT molecular complexity index is 668. The van der Waals surface area contributed by atoms with E-state index in [1.807, 2.05) is 0 Å². The molecule has 0 bridgehead atoms. The lowest BCUT2D eigenvalue weighted by atomic mass is 10.3. The molecule has 2 aromatic rings. The third-order valence-electron chi connectivity index (χ3n) is 2.50. The minimum absolute atomic E-state index is 0.367. The van der Waals surface area contributed by atoms with Gasteiger partial charge in [0.1, 0.15) is 12.7 Å². The van der Waals surface area contributed by atoms with Gasteiger partial charge in [-0.25, -0.2) is 18.1 Å². The second-order valence-corrected chi connectivity index (χ2v) is 6.87. The van der Waals surface area contributed by atoms with E-state index in [2.05, 4.69) is 14.8 Å². The maximum absolute atomic E-state index is 11.9. The Labute approximate surface area is 116 Å². The summed E-state index contributed by atoms with van der Waals surface area (Å²) >= 11 is 5.91. The highest BCUT2D eigenvalue weighted by Gasteiger charge is 2.18. The maximum atomic E-state index is 11.9. The zero-order chi connectivity index (χ0) is 14.0. The minimum Gasteiger partial charge on any atom is -0.281 e. The van der Waals surface area contributed by atoms with E-state index in [0.717, 1.165) is 0 Å². The van der Waals surface area contributed by atoms with Crippen molar-refractivity contribution in [3.63, 3.8) is 0 Å². The number of nitrogens with zero attached hydrogens (tertiary/aromatic N) is 3. The number of halogens is 1. The normalized spacial score (nSPS) is 11.8. The maximum Gasteiger partial charge on any atom is 0.235 e. The highest BCUT2D eigenvalue weighted by atomic mass is 35.5. The van der Waals surface area contributed by atoms with Gasteiger partial charge < -0.3 is 0 Å². The Morgan fingerprint density at radius 2 is 2.11 bits per heavy atom. The summed E-state index contributed by atoms with van der Waals surface area (Å²) in [6.45, 7) is 3.20. The first-order valence-electron chi connectivity index (χ1n) is 5.56. The van der Waals surface area contributed by atoms with E-state index in [0.29, 0.717) is 16.4 Å². The van der Waals surface area contributed by atoms with Crippen LogP contribution in [0, 0.1) is 0 Å². The van der Waals surface area contributed by atoms with E-state index < -0.39 is 15.3 Å². The highest BCUT2D eigenvalue weighted by molar-refractivity contribution is 7.93. The van der Waals surface area contributed by atoms with Crippen molar-refractivity contribution in [3.8, 4) is 5.69 Å². The molecule has 102 valence electrons. The van der Waals surface area contributed by atoms with E-state index >= 15 is 0 Å². The van der Waals surface area contributed by atoms with Crippen LogP contribution in [0.2, 0.25) is 5.02 Å². The summed E-state index contributed by atoms with van der Waals surface area (Å²) in [6.07, 6.45) is 2.85. The van der Waals surface area contributed by atoms with E-state index in [4.69, 9.17) is 11.6 Å². The molecule has 0 aliphatic rings. The number of hydrogen-bond acceptors (Lipinski definition) is 4. The molecule has 0 aliphatic heterocycles. The number of benzene rings is 1. The first kappa shape index (κ1) is 13.8. The van der Waals surface area contributed by atoms with Gasteiger partial charge in [-0.2, -0.15) is 5.10 Å². The van der Waals surface area contributed by atoms with E-state index in [9.17, 15) is 8.42 Å². The van der Waals surface area contributed by atoms with Crippen molar-refractivity contribution >= 4 is 27.3 Å². The lowest BCUT2D eigenvalue weighted by Crippen LogP contribution is -2.23. The fraction of sp³-hybridized carbons (Fsp3) is 0.273. The van der Waals surface area contributed by atoms with Crippen molar-refractivity contribution in [2.45, 2.75) is 19.1 Å². The molecule has 0 saturated heterocycles. The summed E-state index contributed by atoms with van der Waals surface area (Å²) in [5, 5.41) is 3.87. The summed E-state index contributed by atoms with van der Waals surface area (Å²) in [7, 11) is -3.45. The largest absolute Gasteiger partial charge is 0.281 e. The molecule has 0 saturated carbocycles. The lowest BCUT2D eigenvalue weighted by Gasteiger charge is -2.14. The number of hydrogen-bond donors (Lipinski definition) is 1. The summed E-state index contributed by atoms with van der Waals surface area (Å²) in [5.41, 5.74) is 0.929. The fourth-order valence-corrected chi connectivity index (χ4v) is 2.27. The second-order valence-electron chi connectivity index (χ2n) is 4.20. The number of nitrogens with one attached hydrogen (secondary N) is 1. The SMILES string of the molecule is CC(C)S(=O)(=O)Nc1cc(Cl)ccc1-n1cncn1. The Morgan fingerprint density at radius 3 is 2.68 bits per heavy atom. The molecule has 0 aliphatic carbocycles. The van der Waals surface area contributed by atoms with Crippen LogP contribution in [0.15, 0.2) is 30.9 Å². The van der Waals surface area contributed by atoms with Gasteiger partial charge in [-0.05, 0) is 32.0 Å². The van der Waals surface area contributed by atoms with Crippen LogP contribution in [0.4, 0.5) is 5.69 Å². The Morgan fingerprint density at radius 1 is 1.37 bits per heavy atom. The summed E-state index contributed by atoms with van der Waals surface area (Å²) < 4.78 is 27.8. The predicted octanol–water partition coefficient (Wildman–Crippen LogP) is 2.07. The lowest BCUT2D eigenvalue weighted by molar-refractivity contribution is 0.592. The average Bonchev–Trinajstić information content (AvgIpc) is 2.81. The summed E-state index contributed by atoms with van der Waals surface area (Å²) in [4.78, 5) is 3.84. The molecule has 1 aromatic heterocycles. The van der Waals surface area contributed by atoms with Crippen LogP contribution < -0.4 is 4.72 Å². The van der Waals surface area contributed by atoms with E-state index in [1.165, 1.54) is 17.3 Å². The van der Waals surface area contributed by atoms with Crippen LogP contribution in [-0.4, -0.2) is 28.4 Å². The first-order valence-corrected chi connectivity index (χ1v) is 7.49. The van der Waals surface area contributed by atoms with Gasteiger partial charge in [0, 0.05) is 5.02 Å². The van der Waals surface area contributed by atoms with E-state index in [-0.39, 0.29) is 0 Å². The zero-order valence-corrected chi connectivity index (χ0v) is 12.0. The van der Waals surface area contributed by atoms with Gasteiger partial charge in [-0.15, -0.1) is 0 Å². The van der Waals surface area contributed by atoms with Crippen LogP contribution in [-0.2, 0) is 10.0 Å². The molecule has 0 spiro atoms. The first-order chi connectivity index (χ1) is 8.90. The smallest absolute Gasteiger partial charge is 0.235 e. The van der Waals surface area contributed by atoms with Crippen LogP contribution in [0.1, 0.15) is 13.8 Å². The standard InChI is InChI=1S/C11H13ClN4O2S/c1-8(2)19(17,18)15-10-5-9(12)3-4-11(10)16-7-13-6-14-16/h3-8,15H,1-2H3. The Kier molecular flexibility index (Phi) is 3.77. The van der Waals surface area contributed by atoms with Crippen molar-refractivity contribution in [1.82, 2.24) is 14.8 Å². The molecule has 8 heteroatoms. The summed E-state index contributed by atoms with van der Waals surface area (Å²) in [5.74, 6) is 0. The van der Waals surface area contributed by atoms with Gasteiger partial charge in [-0.1, -0.05) is 11.6 Å². The topological polar surface area (TPSA) is 76.9 Å².